The van der Waals surface area contributed by atoms with E-state index in [9.17, 15) is 14.9 Å². The van der Waals surface area contributed by atoms with Crippen LogP contribution in [0.1, 0.15) is 25.3 Å². The number of aliphatic carboxylic acids is 1. The van der Waals surface area contributed by atoms with Gasteiger partial charge in [0.2, 0.25) is 0 Å². The summed E-state index contributed by atoms with van der Waals surface area (Å²) >= 11 is 0. The Kier molecular flexibility index (Phi) is 6.58. The third kappa shape index (κ3) is 5.35. The van der Waals surface area contributed by atoms with Crippen LogP contribution in [0.4, 0.5) is 0 Å². The Morgan fingerprint density at radius 2 is 2.00 bits per heavy atom. The van der Waals surface area contributed by atoms with Crippen LogP contribution in [-0.4, -0.2) is 41.0 Å². The number of carbonyl (C=O) groups excluding carboxylic acids is 1. The smallest absolute Gasteiger partial charge is 0.325 e. The van der Waals surface area contributed by atoms with Crippen molar-refractivity contribution in [1.29, 1.82) is 5.26 Å². The molecule has 1 unspecified atom stereocenters. The highest BCUT2D eigenvalue weighted by Crippen LogP contribution is 2.22. The van der Waals surface area contributed by atoms with Crippen LogP contribution in [0, 0.1) is 17.2 Å². The van der Waals surface area contributed by atoms with Gasteiger partial charge in [0.25, 0.3) is 5.91 Å². The van der Waals surface area contributed by atoms with Gasteiger partial charge < -0.3 is 15.3 Å². The van der Waals surface area contributed by atoms with E-state index in [0.29, 0.717) is 19.0 Å². The Morgan fingerprint density at radius 3 is 2.56 bits per heavy atom. The van der Waals surface area contributed by atoms with Crippen LogP contribution >= 0.6 is 0 Å². The molecular weight excluding hydrogens is 318 g/mol. The zero-order chi connectivity index (χ0) is 18.2. The highest BCUT2D eigenvalue weighted by molar-refractivity contribution is 5.97. The first-order valence-electron chi connectivity index (χ1n) is 8.43. The zero-order valence-corrected chi connectivity index (χ0v) is 14.3. The summed E-state index contributed by atoms with van der Waals surface area (Å²) in [6.07, 6.45) is 4.01. The van der Waals surface area contributed by atoms with Crippen molar-refractivity contribution in [1.82, 2.24) is 10.2 Å². The number of piperidine rings is 1. The van der Waals surface area contributed by atoms with Crippen molar-refractivity contribution in [2.45, 2.75) is 32.2 Å². The Labute approximate surface area is 147 Å². The minimum absolute atomic E-state index is 0.0605. The molecule has 0 saturated carbocycles. The fourth-order valence-electron chi connectivity index (χ4n) is 2.88. The maximum Gasteiger partial charge on any atom is 0.325 e. The standard InChI is InChI=1S/C19H23N3O3/c1-14(19(24)25)21-13-17(12-20)18(23)22-9-7-16(8-10-22)11-15-5-3-2-4-6-15/h2-6,13-14,16,21H,7-11H2,1H3,(H,24,25)/b17-13-. The second-order valence-corrected chi connectivity index (χ2v) is 6.32. The van der Waals surface area contributed by atoms with Gasteiger partial charge in [0, 0.05) is 19.3 Å². The normalized spacial score (nSPS) is 16.8. The summed E-state index contributed by atoms with van der Waals surface area (Å²) in [6.45, 7) is 2.68. The summed E-state index contributed by atoms with van der Waals surface area (Å²) in [7, 11) is 0. The number of nitriles is 1. The van der Waals surface area contributed by atoms with Gasteiger partial charge >= 0.3 is 5.97 Å². The van der Waals surface area contributed by atoms with Gasteiger partial charge in [-0.05, 0) is 37.7 Å². The monoisotopic (exact) mass is 341 g/mol. The number of benzene rings is 1. The van der Waals surface area contributed by atoms with E-state index < -0.39 is 12.0 Å². The first-order chi connectivity index (χ1) is 12.0. The van der Waals surface area contributed by atoms with Gasteiger partial charge in [-0.25, -0.2) is 0 Å². The molecule has 1 aliphatic heterocycles. The number of hydrogen-bond donors (Lipinski definition) is 2. The fourth-order valence-corrected chi connectivity index (χ4v) is 2.88. The number of nitrogens with one attached hydrogen (secondary N) is 1. The van der Waals surface area contributed by atoms with E-state index in [0.717, 1.165) is 19.3 Å². The van der Waals surface area contributed by atoms with Crippen LogP contribution in [0.2, 0.25) is 0 Å². The molecule has 1 atom stereocenters. The molecule has 1 heterocycles. The lowest BCUT2D eigenvalue weighted by Crippen LogP contribution is -2.40. The molecule has 1 aromatic rings. The maximum absolute atomic E-state index is 12.4. The van der Waals surface area contributed by atoms with E-state index in [1.807, 2.05) is 24.3 Å². The predicted octanol–water partition coefficient (Wildman–Crippen LogP) is 1.94. The molecule has 6 heteroatoms. The molecule has 0 aromatic heterocycles. The van der Waals surface area contributed by atoms with Gasteiger partial charge in [0.05, 0.1) is 0 Å². The van der Waals surface area contributed by atoms with E-state index >= 15 is 0 Å². The molecule has 6 nitrogen and oxygen atoms in total. The topological polar surface area (TPSA) is 93.4 Å². The van der Waals surface area contributed by atoms with E-state index in [2.05, 4.69) is 17.4 Å². The largest absolute Gasteiger partial charge is 0.480 e. The molecule has 2 rings (SSSR count). The summed E-state index contributed by atoms with van der Waals surface area (Å²) in [5, 5.41) is 20.6. The minimum Gasteiger partial charge on any atom is -0.480 e. The molecule has 2 N–H and O–H groups in total. The molecule has 0 aliphatic carbocycles. The Bertz CT molecular complexity index is 671. The molecule has 0 bridgehead atoms. The van der Waals surface area contributed by atoms with Gasteiger partial charge in [0.15, 0.2) is 0 Å². The number of carboxylic acid groups (broad SMARTS) is 1. The van der Waals surface area contributed by atoms with Crippen molar-refractivity contribution in [2.24, 2.45) is 5.92 Å². The van der Waals surface area contributed by atoms with Crippen molar-refractivity contribution in [2.75, 3.05) is 13.1 Å². The van der Waals surface area contributed by atoms with E-state index in [4.69, 9.17) is 5.11 Å². The third-order valence-corrected chi connectivity index (χ3v) is 4.47. The van der Waals surface area contributed by atoms with Gasteiger partial charge in [-0.2, -0.15) is 5.26 Å². The van der Waals surface area contributed by atoms with Gasteiger partial charge in [-0.15, -0.1) is 0 Å². The molecule has 0 radical (unpaired) electrons. The molecule has 1 saturated heterocycles. The van der Waals surface area contributed by atoms with Crippen molar-refractivity contribution in [3.63, 3.8) is 0 Å². The van der Waals surface area contributed by atoms with Crippen LogP contribution in [0.3, 0.4) is 0 Å². The summed E-state index contributed by atoms with van der Waals surface area (Å²) in [5.74, 6) is -0.848. The van der Waals surface area contributed by atoms with E-state index in [1.54, 1.807) is 4.90 Å². The predicted molar refractivity (Wildman–Crippen MR) is 93.4 cm³/mol. The number of nitrogens with zero attached hydrogens (tertiary/aromatic N) is 2. The SMILES string of the molecule is CC(N/C=C(/C#N)C(=O)N1CCC(Cc2ccccc2)CC1)C(=O)O. The average Bonchev–Trinajstić information content (AvgIpc) is 2.63. The molecule has 0 spiro atoms. The lowest BCUT2D eigenvalue weighted by atomic mass is 9.90. The molecular formula is C19H23N3O3. The highest BCUT2D eigenvalue weighted by Gasteiger charge is 2.25. The van der Waals surface area contributed by atoms with Crippen molar-refractivity contribution in [3.8, 4) is 6.07 Å². The van der Waals surface area contributed by atoms with Crippen molar-refractivity contribution < 1.29 is 14.7 Å². The Hall–Kier alpha value is -2.81. The summed E-state index contributed by atoms with van der Waals surface area (Å²) in [4.78, 5) is 24.9. The van der Waals surface area contributed by atoms with Crippen LogP contribution in [0.15, 0.2) is 42.1 Å². The van der Waals surface area contributed by atoms with Gasteiger partial charge in [-0.1, -0.05) is 30.3 Å². The van der Waals surface area contributed by atoms with Crippen molar-refractivity contribution >= 4 is 11.9 Å². The number of amides is 1. The highest BCUT2D eigenvalue weighted by atomic mass is 16.4. The van der Waals surface area contributed by atoms with Crippen LogP contribution in [0.5, 0.6) is 0 Å². The zero-order valence-electron chi connectivity index (χ0n) is 14.3. The molecule has 1 amide bonds. The first-order valence-corrected chi connectivity index (χ1v) is 8.43. The summed E-state index contributed by atoms with van der Waals surface area (Å²) in [5.41, 5.74) is 1.24. The molecule has 25 heavy (non-hydrogen) atoms. The summed E-state index contributed by atoms with van der Waals surface area (Å²) < 4.78 is 0. The average molecular weight is 341 g/mol. The number of likely N-dealkylation sites (tertiary alicyclic amines) is 1. The molecule has 1 aliphatic rings. The number of carboxylic acids is 1. The fraction of sp³-hybridized carbons (Fsp3) is 0.421. The number of rotatable bonds is 6. The maximum atomic E-state index is 12.4. The quantitative estimate of drug-likeness (QED) is 0.609. The van der Waals surface area contributed by atoms with E-state index in [-0.39, 0.29) is 11.5 Å². The van der Waals surface area contributed by atoms with Gasteiger partial charge in [0.1, 0.15) is 17.7 Å². The lowest BCUT2D eigenvalue weighted by molar-refractivity contribution is -0.138. The van der Waals surface area contributed by atoms with Crippen molar-refractivity contribution in [3.05, 3.63) is 47.7 Å². The molecule has 1 aromatic carbocycles. The molecule has 1 fully saturated rings. The first kappa shape index (κ1) is 18.5. The van der Waals surface area contributed by atoms with Crippen LogP contribution in [0.25, 0.3) is 0 Å². The van der Waals surface area contributed by atoms with E-state index in [1.165, 1.54) is 18.7 Å². The Morgan fingerprint density at radius 1 is 1.36 bits per heavy atom. The number of hydrogen-bond acceptors (Lipinski definition) is 4. The van der Waals surface area contributed by atoms with Crippen LogP contribution in [-0.2, 0) is 16.0 Å². The second kappa shape index (κ2) is 8.88. The Balaban J connectivity index is 1.88. The number of carbonyl (C=O) groups is 2. The van der Waals surface area contributed by atoms with Crippen LogP contribution < -0.4 is 5.32 Å². The minimum atomic E-state index is -1.04. The lowest BCUT2D eigenvalue weighted by Gasteiger charge is -2.32. The second-order valence-electron chi connectivity index (χ2n) is 6.32. The molecule has 132 valence electrons. The third-order valence-electron chi connectivity index (χ3n) is 4.47. The van der Waals surface area contributed by atoms with Gasteiger partial charge in [-0.3, -0.25) is 9.59 Å². The summed E-state index contributed by atoms with van der Waals surface area (Å²) in [6, 6.07) is 11.3.